The first-order chi connectivity index (χ1) is 44.2. The lowest BCUT2D eigenvalue weighted by Crippen LogP contribution is -2.64. The minimum absolute atomic E-state index is 0.00757. The van der Waals surface area contributed by atoms with Crippen molar-refractivity contribution in [1.29, 1.82) is 0 Å². The summed E-state index contributed by atoms with van der Waals surface area (Å²) in [5.74, 6) is -4.05. The molecule has 0 radical (unpaired) electrons. The number of aliphatic hydroxyl groups is 9. The molecule has 38 heteroatoms. The summed E-state index contributed by atoms with van der Waals surface area (Å²) in [4.78, 5) is 99.7. The lowest BCUT2D eigenvalue weighted by atomic mass is 9.85. The molecule has 0 aromatic carbocycles. The minimum atomic E-state index is -3.71. The Morgan fingerprint density at radius 3 is 1.26 bits per heavy atom. The molecule has 4 heterocycles. The van der Waals surface area contributed by atoms with Crippen LogP contribution in [0.5, 0.6) is 0 Å². The van der Waals surface area contributed by atoms with Crippen molar-refractivity contribution in [1.82, 2.24) is 42.5 Å². The highest BCUT2D eigenvalue weighted by molar-refractivity contribution is 7.51. The van der Waals surface area contributed by atoms with E-state index >= 15 is 0 Å². The number of epoxide rings is 1. The molecule has 18 N–H and O–H groups in total. The number of aliphatic hydroxyl groups excluding tert-OH is 9. The second kappa shape index (κ2) is 40.4. The van der Waals surface area contributed by atoms with E-state index in [-0.39, 0.29) is 117 Å². The molecule has 0 aromatic heterocycles. The van der Waals surface area contributed by atoms with Crippen LogP contribution in [0.25, 0.3) is 0 Å². The van der Waals surface area contributed by atoms with Crippen LogP contribution >= 0.6 is 7.60 Å². The molecule has 20 atom stereocenters. The molecular weight excluding hydrogens is 1270 g/mol. The van der Waals surface area contributed by atoms with Crippen molar-refractivity contribution < 1.29 is 141 Å². The van der Waals surface area contributed by atoms with Crippen molar-refractivity contribution in [3.63, 3.8) is 0 Å². The van der Waals surface area contributed by atoms with Crippen molar-refractivity contribution in [2.24, 2.45) is 5.92 Å². The Morgan fingerprint density at radius 1 is 0.495 bits per heavy atom. The molecule has 4 aliphatic heterocycles. The van der Waals surface area contributed by atoms with Gasteiger partial charge in [-0.05, 0) is 44.4 Å². The van der Waals surface area contributed by atoms with Crippen LogP contribution in [-0.4, -0.2) is 320 Å². The fraction of sp³-hybridized carbons (Fsp3) is 0.873. The molecule has 1 aliphatic carbocycles. The van der Waals surface area contributed by atoms with Crippen LogP contribution in [0.2, 0.25) is 0 Å². The molecule has 7 amide bonds. The van der Waals surface area contributed by atoms with Gasteiger partial charge in [-0.25, -0.2) is 0 Å². The lowest BCUT2D eigenvalue weighted by Gasteiger charge is -2.42. The largest absolute Gasteiger partial charge is 0.394 e. The third kappa shape index (κ3) is 26.9. The summed E-state index contributed by atoms with van der Waals surface area (Å²) in [6.45, 7) is 1.85. The van der Waals surface area contributed by atoms with Gasteiger partial charge >= 0.3 is 7.60 Å². The summed E-state index contributed by atoms with van der Waals surface area (Å²) >= 11 is 0. The van der Waals surface area contributed by atoms with E-state index in [9.17, 15) is 89.0 Å². The Bertz CT molecular complexity index is 2370. The molecule has 4 saturated heterocycles. The number of hydrogen-bond acceptors (Lipinski definition) is 29. The Morgan fingerprint density at radius 2 is 0.871 bits per heavy atom. The standard InChI is InChI=1S/C55H97N8O29P/c1-28(67)59-40-46(75)43(72)35(25-64)88-53(40)85-22-19-82-16-13-56-38(70)11-9-33(50(78)57-14-17-83-20-23-86-54-41(60-29(2)68)47(76)44(73)36(26-65)89-54)62-39(71)12-10-34(63-52-49(91-52)31-5-7-32(8-6-31)92-93(4,80)81)51(79)58-15-18-84-21-24-87-55-42(61-30(3)69)48(77)45(74)37(27-66)90-55/h31-37,40-49,52-55,63-66,72-77H,5-27H2,1-4H3,(H,56,70)(H,57,78)(H,58,79)(H,59,67)(H,60,68)(H,61,69)(H,62,71)(H,80,81). The summed E-state index contributed by atoms with van der Waals surface area (Å²) in [5.41, 5.74) is 0. The number of ether oxygens (including phenoxy) is 10. The predicted octanol–water partition coefficient (Wildman–Crippen LogP) is -8.62. The summed E-state index contributed by atoms with van der Waals surface area (Å²) in [6.07, 6.45) is -16.5. The average molecular weight is 1370 g/mol. The van der Waals surface area contributed by atoms with Gasteiger partial charge in [-0.15, -0.1) is 0 Å². The van der Waals surface area contributed by atoms with Gasteiger partial charge in [-0.1, -0.05) is 0 Å². The van der Waals surface area contributed by atoms with Gasteiger partial charge in [0, 0.05) is 59.9 Å². The number of hydrogen-bond donors (Lipinski definition) is 18. The maximum Gasteiger partial charge on any atom is 0.325 e. The number of rotatable bonds is 41. The monoisotopic (exact) mass is 1360 g/mol. The molecule has 0 aromatic rings. The van der Waals surface area contributed by atoms with E-state index in [0.29, 0.717) is 25.7 Å². The highest BCUT2D eigenvalue weighted by Gasteiger charge is 2.50. The van der Waals surface area contributed by atoms with Gasteiger partial charge in [0.2, 0.25) is 41.4 Å². The molecule has 37 nitrogen and oxygen atoms in total. The van der Waals surface area contributed by atoms with Crippen molar-refractivity contribution in [3.05, 3.63) is 0 Å². The number of carbonyl (C=O) groups is 7. The number of amides is 7. The summed E-state index contributed by atoms with van der Waals surface area (Å²) in [6, 6.07) is -5.87. The Hall–Kier alpha value is -4.36. The topological polar surface area (TPSA) is 540 Å². The average Bonchev–Trinajstić information content (AvgIpc) is 1.80. The fourth-order valence-corrected chi connectivity index (χ4v) is 11.7. The maximum atomic E-state index is 13.9. The van der Waals surface area contributed by atoms with Crippen molar-refractivity contribution in [2.75, 3.05) is 106 Å². The van der Waals surface area contributed by atoms with Crippen molar-refractivity contribution >= 4 is 48.9 Å². The van der Waals surface area contributed by atoms with Crippen molar-refractivity contribution in [3.8, 4) is 0 Å². The molecule has 0 bridgehead atoms. The highest BCUT2D eigenvalue weighted by atomic mass is 31.2. The predicted molar refractivity (Wildman–Crippen MR) is 314 cm³/mol. The van der Waals surface area contributed by atoms with Crippen molar-refractivity contribution in [2.45, 2.75) is 195 Å². The van der Waals surface area contributed by atoms with Gasteiger partial charge in [0.05, 0.1) is 91.4 Å². The normalized spacial score (nSPS) is 32.4. The van der Waals surface area contributed by atoms with E-state index in [2.05, 4.69) is 42.5 Å². The van der Waals surface area contributed by atoms with Gasteiger partial charge in [-0.3, -0.25) is 43.4 Å². The fourth-order valence-electron chi connectivity index (χ4n) is 10.9. The van der Waals surface area contributed by atoms with E-state index in [0.717, 1.165) is 6.66 Å². The molecule has 5 fully saturated rings. The maximum absolute atomic E-state index is 13.9. The minimum Gasteiger partial charge on any atom is -0.394 e. The highest BCUT2D eigenvalue weighted by Crippen LogP contribution is 2.45. The zero-order valence-electron chi connectivity index (χ0n) is 52.6. The van der Waals surface area contributed by atoms with Gasteiger partial charge in [0.25, 0.3) is 0 Å². The van der Waals surface area contributed by atoms with E-state index in [1.165, 1.54) is 20.8 Å². The van der Waals surface area contributed by atoms with Crippen LogP contribution in [-0.2, 0) is 90.0 Å². The van der Waals surface area contributed by atoms with E-state index < -0.39 is 185 Å². The molecule has 20 unspecified atom stereocenters. The summed E-state index contributed by atoms with van der Waals surface area (Å²) < 4.78 is 73.6. The van der Waals surface area contributed by atoms with Crippen LogP contribution in [0.1, 0.15) is 72.1 Å². The van der Waals surface area contributed by atoms with E-state index in [4.69, 9.17) is 51.9 Å². The van der Waals surface area contributed by atoms with Gasteiger partial charge < -0.3 is 140 Å². The first-order valence-electron chi connectivity index (χ1n) is 31.0. The third-order valence-corrected chi connectivity index (χ3v) is 16.3. The molecule has 93 heavy (non-hydrogen) atoms. The van der Waals surface area contributed by atoms with E-state index in [1.54, 1.807) is 0 Å². The summed E-state index contributed by atoms with van der Waals surface area (Å²) in [5, 5.41) is 113. The molecule has 0 spiro atoms. The molecule has 1 saturated carbocycles. The first kappa shape index (κ1) is 79.3. The van der Waals surface area contributed by atoms with Crippen LogP contribution in [0, 0.1) is 5.92 Å². The molecule has 5 rings (SSSR count). The van der Waals surface area contributed by atoms with E-state index in [1.807, 2.05) is 0 Å². The molecular formula is C55H97N8O29P. The quantitative estimate of drug-likeness (QED) is 0.0154. The smallest absolute Gasteiger partial charge is 0.325 e. The zero-order valence-corrected chi connectivity index (χ0v) is 53.5. The third-order valence-electron chi connectivity index (χ3n) is 15.6. The van der Waals surface area contributed by atoms with Gasteiger partial charge in [-0.2, -0.15) is 0 Å². The number of nitrogens with one attached hydrogen (secondary N) is 8. The lowest BCUT2D eigenvalue weighted by molar-refractivity contribution is -0.272. The SMILES string of the molecule is CC(=O)NC1C(OCCOCCNC(=O)CCC(NC(=O)CCC(NC2OC2C2CCC(OP(C)(=O)O)CC2)C(=O)NCCOCCOC2OC(CO)C(O)C(O)C2NC(C)=O)C(=O)NCCOCCOC2OC(CO)C(O)C(O)C2NC(C)=O)OC(CO)C(O)C1O. The Balaban J connectivity index is 1.15. The molecule has 536 valence electrons. The van der Waals surface area contributed by atoms with Crippen LogP contribution in [0.4, 0.5) is 0 Å². The van der Waals surface area contributed by atoms with Gasteiger partial charge in [0.15, 0.2) is 18.9 Å². The number of carbonyl (C=O) groups excluding carboxylic acids is 7. The van der Waals surface area contributed by atoms with Gasteiger partial charge in [0.1, 0.15) is 91.4 Å². The Kier molecular flexibility index (Phi) is 34.4. The summed E-state index contributed by atoms with van der Waals surface area (Å²) in [7, 11) is -3.71. The second-order valence-electron chi connectivity index (χ2n) is 23.1. The molecule has 5 aliphatic rings. The Labute approximate surface area is 537 Å². The van der Waals surface area contributed by atoms with Crippen LogP contribution in [0.15, 0.2) is 0 Å². The van der Waals surface area contributed by atoms with Crippen LogP contribution in [0.3, 0.4) is 0 Å². The first-order valence-corrected chi connectivity index (χ1v) is 33.1. The zero-order chi connectivity index (χ0) is 68.4. The second-order valence-corrected chi connectivity index (χ2v) is 24.9. The van der Waals surface area contributed by atoms with Crippen LogP contribution < -0.4 is 42.5 Å².